The molecule has 1 saturated heterocycles. The summed E-state index contributed by atoms with van der Waals surface area (Å²) in [5.74, 6) is 2.13. The number of hydrogen-bond donors (Lipinski definition) is 8. The van der Waals surface area contributed by atoms with Crippen molar-refractivity contribution in [1.82, 2.24) is 28.5 Å². The number of aromatic amines is 3. The molecule has 6 aromatic carbocycles. The maximum Gasteiger partial charge on any atom is 1.00 e. The molecule has 10 aromatic rings. The monoisotopic (exact) mass is 1420 g/mol. The number of oxime groups is 1. The van der Waals surface area contributed by atoms with E-state index in [1.54, 1.807) is 71.8 Å². The van der Waals surface area contributed by atoms with Crippen molar-refractivity contribution in [2.75, 3.05) is 13.7 Å². The van der Waals surface area contributed by atoms with E-state index >= 15 is 0 Å². The predicted octanol–water partition coefficient (Wildman–Crippen LogP) is 12.6. The van der Waals surface area contributed by atoms with Crippen molar-refractivity contribution in [2.24, 2.45) is 11.1 Å². The van der Waals surface area contributed by atoms with Crippen LogP contribution in [-0.4, -0.2) is 94.4 Å². The van der Waals surface area contributed by atoms with Gasteiger partial charge in [0.25, 0.3) is 0 Å². The van der Waals surface area contributed by atoms with E-state index < -0.39 is 31.1 Å². The van der Waals surface area contributed by atoms with Gasteiger partial charge in [-0.3, -0.25) is 9.36 Å². The molecule has 500 valence electrons. The van der Waals surface area contributed by atoms with Crippen LogP contribution in [0.25, 0.3) is 43.6 Å². The number of nitrogens with two attached hydrogens (primary N) is 1. The van der Waals surface area contributed by atoms with Crippen molar-refractivity contribution >= 4 is 115 Å². The molecule has 9 N–H and O–H groups in total. The molecule has 0 spiro atoms. The number of rotatable bonds is 11. The Balaban J connectivity index is 0.000000594. The van der Waals surface area contributed by atoms with Gasteiger partial charge in [-0.2, -0.15) is 14.8 Å². The molecule has 11 rings (SSSR count). The number of nitriles is 2. The van der Waals surface area contributed by atoms with E-state index in [0.717, 1.165) is 52.3 Å². The van der Waals surface area contributed by atoms with E-state index in [2.05, 4.69) is 70.5 Å². The number of nitrogens with zero attached hydrogens (tertiary/aromatic N) is 5. The molecule has 0 saturated carbocycles. The van der Waals surface area contributed by atoms with Crippen molar-refractivity contribution in [1.29, 1.82) is 10.5 Å². The number of aryl methyl sites for hydroxylation is 6. The largest absolute Gasteiger partial charge is 1.00 e. The van der Waals surface area contributed by atoms with E-state index in [0.29, 0.717) is 96.0 Å². The fourth-order valence-electron chi connectivity index (χ4n) is 10.0. The Morgan fingerprint density at radius 3 is 1.52 bits per heavy atom. The van der Waals surface area contributed by atoms with Gasteiger partial charge in [-0.25, -0.2) is 45.0 Å². The first kappa shape index (κ1) is 83.2. The Bertz CT molecular complexity index is 4560. The number of halogens is 7. The van der Waals surface area contributed by atoms with E-state index in [1.165, 1.54) is 54.7 Å². The standard InChI is InChI=1S/C22H24FN3O2S.C13H19NO2S.C9H7FN2O.C9H5FN2.C9H6FNO.CH4O.CH4.Cl3OP.H3NO.Na.H/c1-5-19(25-29(27,28)22-15(3)8-14(2)9-16(22)4)13-26-12-17(11-24)20-10-18(23)6-7-21(20)26;1-5-12-8-14(12)17(15,16)13-10(3)6-9(2)7-11(13)4;10-7-1-2-9-8(3-7)6(4-11-9)5-12-13;10-7-1-2-9-8(3-7)6(4-11)5-12-9;10-7-1-2-9-8(3-7)6(5-12)4-11-9;1-2;;1-5(2,3)4;1-2;;/h6-10,12,19,25H,5,13H2,1-4H3;6-7,12H,5,8H2,1-4H3;1-5,11,13H;1-3,5,12H;1-5,11H;2H,1H3;1H4;;2H,1H2;;/q;;;;;;;;;+1;-1/t19-;12-,14?;;;;;;;;;/m00........./s1. The molecule has 19 nitrogen and oxygen atoms in total. The van der Waals surface area contributed by atoms with Crippen molar-refractivity contribution < 1.29 is 90.3 Å². The van der Waals surface area contributed by atoms with Gasteiger partial charge in [-0.05, 0) is 183 Å². The van der Waals surface area contributed by atoms with Crippen molar-refractivity contribution in [2.45, 2.75) is 104 Å². The number of carbonyl (C=O) groups excluding carboxylic acids is 1. The maximum absolute atomic E-state index is 13.6. The second-order valence-electron chi connectivity index (χ2n) is 20.4. The van der Waals surface area contributed by atoms with Crippen molar-refractivity contribution in [3.63, 3.8) is 0 Å². The zero-order chi connectivity index (χ0) is 69.0. The summed E-state index contributed by atoms with van der Waals surface area (Å²) in [6.07, 6.45) is 9.86. The third-order valence-electron chi connectivity index (χ3n) is 13.8. The molecule has 4 aromatic heterocycles. The molecule has 5 heterocycles. The van der Waals surface area contributed by atoms with Crippen LogP contribution in [0, 0.1) is 87.5 Å². The van der Waals surface area contributed by atoms with Crippen LogP contribution >= 0.6 is 38.9 Å². The number of hydrogen-bond acceptors (Lipinski definition) is 13. The molecule has 1 aliphatic heterocycles. The smallest absolute Gasteiger partial charge is 1.00 e. The zero-order valence-electron chi connectivity index (χ0n) is 53.2. The molecular weight excluding hydrogens is 1350 g/mol. The average Bonchev–Trinajstić information content (AvgIpc) is 1.64. The van der Waals surface area contributed by atoms with Gasteiger partial charge in [0.05, 0.1) is 27.1 Å². The molecule has 94 heavy (non-hydrogen) atoms. The molecule has 1 unspecified atom stereocenters. The van der Waals surface area contributed by atoms with Gasteiger partial charge in [-0.1, -0.05) is 61.8 Å². The van der Waals surface area contributed by atoms with Crippen molar-refractivity contribution in [3.05, 3.63) is 201 Å². The van der Waals surface area contributed by atoms with Crippen LogP contribution in [0.15, 0.2) is 137 Å². The van der Waals surface area contributed by atoms with Gasteiger partial charge < -0.3 is 36.5 Å². The number of aliphatic hydroxyl groups is 1. The number of aromatic nitrogens is 4. The summed E-state index contributed by atoms with van der Waals surface area (Å²) in [5, 5.41) is 42.0. The third kappa shape index (κ3) is 22.9. The van der Waals surface area contributed by atoms with Gasteiger partial charge in [0.2, 0.25) is 20.0 Å². The summed E-state index contributed by atoms with van der Waals surface area (Å²) >= 11 is 13.8. The summed E-state index contributed by atoms with van der Waals surface area (Å²) < 4.78 is 119. The number of fused-ring (bicyclic) bond motifs is 4. The summed E-state index contributed by atoms with van der Waals surface area (Å²) in [5.41, 5.74) is 10.3. The SMILES string of the molecule is C.CC[C@@H](Cn1cc(C#N)c2cc(F)ccc21)NS(=O)(=O)c1c(C)cc(C)cc1C.CC[C@H]1CN1S(=O)(=O)c1c(C)cc(C)cc1C.CO.N#Cc1c[nH]c2ccc(F)cc12.NO.O=Cc1c[nH]c2ccc(F)cc12.O=P(Cl)(Cl)Cl.ON=Cc1c[nH]c2ccc(F)cc12.[H-].[Na+]. The van der Waals surface area contributed by atoms with Gasteiger partial charge in [0, 0.05) is 112 Å². The van der Waals surface area contributed by atoms with E-state index in [9.17, 15) is 49.0 Å². The molecule has 0 amide bonds. The number of benzene rings is 6. The summed E-state index contributed by atoms with van der Waals surface area (Å²) in [4.78, 5) is 19.9. The Kier molecular flexibility index (Phi) is 33.6. The van der Waals surface area contributed by atoms with E-state index in [-0.39, 0.29) is 67.9 Å². The minimum absolute atomic E-state index is 0. The molecule has 0 radical (unpaired) electrons. The first-order chi connectivity index (χ1) is 43.5. The number of aldehydes is 1. The minimum atomic E-state index is -3.72. The quantitative estimate of drug-likeness (QED) is 0.00876. The Morgan fingerprint density at radius 1 is 0.691 bits per heavy atom. The van der Waals surface area contributed by atoms with Crippen LogP contribution in [0.1, 0.15) is 96.0 Å². The average molecular weight is 1430 g/mol. The van der Waals surface area contributed by atoms with Gasteiger partial charge in [0.15, 0.2) is 6.29 Å². The maximum atomic E-state index is 13.6. The summed E-state index contributed by atoms with van der Waals surface area (Å²) in [6.45, 7) is 16.2. The van der Waals surface area contributed by atoms with E-state index in [1.807, 2.05) is 71.9 Å². The Morgan fingerprint density at radius 2 is 1.10 bits per heavy atom. The first-order valence-electron chi connectivity index (χ1n) is 27.6. The minimum Gasteiger partial charge on any atom is -1.00 e. The van der Waals surface area contributed by atoms with Crippen molar-refractivity contribution in [3.8, 4) is 12.1 Å². The van der Waals surface area contributed by atoms with Crippen LogP contribution in [0.4, 0.5) is 17.6 Å². The molecule has 0 bridgehead atoms. The number of carbonyl (C=O) groups is 1. The van der Waals surface area contributed by atoms with Crippen LogP contribution < -0.4 is 40.2 Å². The fraction of sp³-hybridized carbons (Fsp3) is 0.250. The van der Waals surface area contributed by atoms with Crippen LogP contribution in [0.3, 0.4) is 0 Å². The summed E-state index contributed by atoms with van der Waals surface area (Å²) in [7, 11) is -5.99. The van der Waals surface area contributed by atoms with Gasteiger partial charge in [0.1, 0.15) is 35.4 Å². The molecule has 3 atom stereocenters. The molecular formula is C64H73Cl3F4N10NaO9PS2. The number of nitrogens with one attached hydrogen (secondary N) is 4. The van der Waals surface area contributed by atoms with Crippen LogP contribution in [0.5, 0.6) is 0 Å². The fourth-order valence-corrected chi connectivity index (χ4v) is 13.9. The van der Waals surface area contributed by atoms with Gasteiger partial charge >= 0.3 is 34.8 Å². The second kappa shape index (κ2) is 38.0. The van der Waals surface area contributed by atoms with Gasteiger partial charge in [-0.15, -0.1) is 0 Å². The topological polar surface area (TPSA) is 316 Å². The normalized spacial score (nSPS) is 13.2. The molecule has 1 fully saturated rings. The Labute approximate surface area is 581 Å². The Hall–Kier alpha value is -6.88. The number of aliphatic hydroxyl groups excluding tert-OH is 1. The first-order valence-corrected chi connectivity index (χ1v) is 34.9. The summed E-state index contributed by atoms with van der Waals surface area (Å²) in [6, 6.07) is 28.8. The zero-order valence-corrected chi connectivity index (χ0v) is 59.0. The van der Waals surface area contributed by atoms with Crippen LogP contribution in [0.2, 0.25) is 0 Å². The molecule has 0 aliphatic carbocycles. The second-order valence-corrected chi connectivity index (χ2v) is 30.5. The predicted molar refractivity (Wildman–Crippen MR) is 362 cm³/mol. The van der Waals surface area contributed by atoms with Crippen LogP contribution in [-0.2, 0) is 31.2 Å². The third-order valence-corrected chi connectivity index (χ3v) is 17.9. The molecule has 1 aliphatic rings. The molecule has 30 heteroatoms. The number of sulfonamides is 2. The van der Waals surface area contributed by atoms with E-state index in [4.69, 9.17) is 20.8 Å². The number of H-pyrrole nitrogens is 3.